The van der Waals surface area contributed by atoms with Crippen molar-refractivity contribution in [2.45, 2.75) is 45.1 Å². The number of benzene rings is 1. The minimum atomic E-state index is 0.940. The summed E-state index contributed by atoms with van der Waals surface area (Å²) >= 11 is 0. The summed E-state index contributed by atoms with van der Waals surface area (Å²) in [6.45, 7) is 5.50. The lowest BCUT2D eigenvalue weighted by atomic mass is 10.0. The molecular formula is C30H33N7. The fourth-order valence-electron chi connectivity index (χ4n) is 6.03. The maximum Gasteiger partial charge on any atom is 0.137 e. The summed E-state index contributed by atoms with van der Waals surface area (Å²) in [6.07, 6.45) is 13.6. The molecule has 1 aromatic carbocycles. The number of aromatic amines is 2. The number of hydrogen-bond donors (Lipinski definition) is 2. The average molecular weight is 492 g/mol. The Hall–Kier alpha value is -3.71. The summed E-state index contributed by atoms with van der Waals surface area (Å²) in [6, 6.07) is 13.1. The van der Waals surface area contributed by atoms with E-state index in [9.17, 15) is 0 Å². The Labute approximate surface area is 216 Å². The highest BCUT2D eigenvalue weighted by molar-refractivity contribution is 6.00. The number of H-pyrrole nitrogens is 2. The van der Waals surface area contributed by atoms with E-state index in [2.05, 4.69) is 61.3 Å². The molecule has 0 spiro atoms. The Bertz CT molecular complexity index is 1540. The minimum Gasteiger partial charge on any atom is -0.356 e. The summed E-state index contributed by atoms with van der Waals surface area (Å²) in [5.74, 6) is 1.08. The highest BCUT2D eigenvalue weighted by Gasteiger charge is 2.19. The number of likely N-dealkylation sites (tertiary alicyclic amines) is 1. The monoisotopic (exact) mass is 491 g/mol. The molecular weight excluding hydrogens is 458 g/mol. The number of rotatable bonds is 5. The second-order valence-corrected chi connectivity index (χ2v) is 10.6. The molecule has 0 radical (unpaired) electrons. The number of aromatic nitrogens is 5. The molecule has 2 saturated heterocycles. The van der Waals surface area contributed by atoms with E-state index in [1.807, 2.05) is 18.6 Å². The minimum absolute atomic E-state index is 0.940. The normalized spacial score (nSPS) is 17.1. The fourth-order valence-corrected chi connectivity index (χ4v) is 6.03. The van der Waals surface area contributed by atoms with Gasteiger partial charge in [-0.1, -0.05) is 12.5 Å². The Morgan fingerprint density at radius 2 is 1.59 bits per heavy atom. The van der Waals surface area contributed by atoms with E-state index in [-0.39, 0.29) is 0 Å². The molecule has 0 atom stereocenters. The van der Waals surface area contributed by atoms with Gasteiger partial charge in [-0.05, 0) is 86.7 Å². The van der Waals surface area contributed by atoms with Crippen LogP contribution in [-0.2, 0) is 6.54 Å². The summed E-state index contributed by atoms with van der Waals surface area (Å²) in [5, 5.41) is 10.2. The van der Waals surface area contributed by atoms with Crippen LogP contribution in [0.2, 0.25) is 0 Å². The maximum atomic E-state index is 4.76. The van der Waals surface area contributed by atoms with Crippen LogP contribution in [0.25, 0.3) is 44.3 Å². The molecule has 0 aliphatic carbocycles. The van der Waals surface area contributed by atoms with Crippen LogP contribution < -0.4 is 4.90 Å². The van der Waals surface area contributed by atoms with Gasteiger partial charge in [-0.3, -0.25) is 15.0 Å². The predicted octanol–water partition coefficient (Wildman–Crippen LogP) is 6.14. The number of hydrogen-bond acceptors (Lipinski definition) is 5. The van der Waals surface area contributed by atoms with Gasteiger partial charge in [0, 0.05) is 54.6 Å². The van der Waals surface area contributed by atoms with Crippen LogP contribution in [0, 0.1) is 0 Å². The number of nitrogens with zero attached hydrogens (tertiary/aromatic N) is 5. The molecule has 2 N–H and O–H groups in total. The Kier molecular flexibility index (Phi) is 5.85. The van der Waals surface area contributed by atoms with Crippen LogP contribution in [0.5, 0.6) is 0 Å². The van der Waals surface area contributed by atoms with Gasteiger partial charge in [0.2, 0.25) is 0 Å². The third-order valence-electron chi connectivity index (χ3n) is 7.98. The molecule has 6 heterocycles. The van der Waals surface area contributed by atoms with Crippen molar-refractivity contribution in [1.29, 1.82) is 0 Å². The van der Waals surface area contributed by atoms with Gasteiger partial charge in [-0.25, -0.2) is 4.98 Å². The van der Waals surface area contributed by atoms with Crippen molar-refractivity contribution in [1.82, 2.24) is 30.0 Å². The van der Waals surface area contributed by atoms with Crippen molar-refractivity contribution in [2.24, 2.45) is 0 Å². The van der Waals surface area contributed by atoms with Crippen LogP contribution in [0.15, 0.2) is 55.0 Å². The first-order chi connectivity index (χ1) is 18.3. The topological polar surface area (TPSA) is 76.7 Å². The number of pyridine rings is 2. The first-order valence-electron chi connectivity index (χ1n) is 13.7. The predicted molar refractivity (Wildman–Crippen MR) is 150 cm³/mol. The van der Waals surface area contributed by atoms with E-state index in [1.165, 1.54) is 62.6 Å². The number of nitrogens with one attached hydrogen (secondary N) is 2. The van der Waals surface area contributed by atoms with E-state index in [0.29, 0.717) is 0 Å². The second kappa shape index (κ2) is 9.63. The number of piperidine rings is 2. The van der Waals surface area contributed by atoms with Gasteiger partial charge in [-0.2, -0.15) is 5.10 Å². The third kappa shape index (κ3) is 4.37. The fraction of sp³-hybridized carbons (Fsp3) is 0.367. The molecule has 5 aromatic rings. The van der Waals surface area contributed by atoms with Crippen LogP contribution >= 0.6 is 0 Å². The van der Waals surface area contributed by atoms with Gasteiger partial charge in [0.05, 0.1) is 16.7 Å². The van der Waals surface area contributed by atoms with E-state index in [4.69, 9.17) is 10.1 Å². The zero-order valence-corrected chi connectivity index (χ0v) is 21.2. The Morgan fingerprint density at radius 3 is 2.46 bits per heavy atom. The van der Waals surface area contributed by atoms with Crippen LogP contribution in [-0.4, -0.2) is 56.2 Å². The first-order valence-corrected chi connectivity index (χ1v) is 13.7. The number of fused-ring (bicyclic) bond motifs is 2. The van der Waals surface area contributed by atoms with Crippen molar-refractivity contribution in [3.05, 3.63) is 60.6 Å². The van der Waals surface area contributed by atoms with Crippen LogP contribution in [0.3, 0.4) is 0 Å². The average Bonchev–Trinajstić information content (AvgIpc) is 3.58. The van der Waals surface area contributed by atoms with Crippen molar-refractivity contribution in [3.63, 3.8) is 0 Å². The summed E-state index contributed by atoms with van der Waals surface area (Å²) in [7, 11) is 0. The molecule has 7 nitrogen and oxygen atoms in total. The van der Waals surface area contributed by atoms with Gasteiger partial charge < -0.3 is 9.88 Å². The molecule has 188 valence electrons. The maximum absolute atomic E-state index is 4.76. The van der Waals surface area contributed by atoms with Crippen molar-refractivity contribution in [3.8, 4) is 22.5 Å². The Morgan fingerprint density at radius 1 is 0.757 bits per heavy atom. The molecule has 7 rings (SSSR count). The zero-order chi connectivity index (χ0) is 24.6. The van der Waals surface area contributed by atoms with Crippen molar-refractivity contribution in [2.75, 3.05) is 31.1 Å². The summed E-state index contributed by atoms with van der Waals surface area (Å²) in [4.78, 5) is 17.9. The highest BCUT2D eigenvalue weighted by Crippen LogP contribution is 2.34. The summed E-state index contributed by atoms with van der Waals surface area (Å²) in [5.41, 5.74) is 7.68. The molecule has 0 amide bonds. The van der Waals surface area contributed by atoms with E-state index in [1.54, 1.807) is 0 Å². The van der Waals surface area contributed by atoms with Crippen molar-refractivity contribution < 1.29 is 0 Å². The molecule has 2 aliphatic rings. The van der Waals surface area contributed by atoms with Gasteiger partial charge in [0.15, 0.2) is 0 Å². The molecule has 2 fully saturated rings. The summed E-state index contributed by atoms with van der Waals surface area (Å²) < 4.78 is 0. The third-order valence-corrected chi connectivity index (χ3v) is 7.98. The molecule has 0 bridgehead atoms. The van der Waals surface area contributed by atoms with Crippen LogP contribution in [0.1, 0.15) is 44.1 Å². The molecule has 0 saturated carbocycles. The smallest absolute Gasteiger partial charge is 0.137 e. The van der Waals surface area contributed by atoms with Gasteiger partial charge in [-0.15, -0.1) is 0 Å². The van der Waals surface area contributed by atoms with E-state index < -0.39 is 0 Å². The largest absolute Gasteiger partial charge is 0.356 e. The number of anilines is 1. The standard InChI is InChI=1S/C30H33N7/c1-3-11-36(12-4-1)20-21-15-23(19-31-18-21)22-7-8-27-24(16-22)29(35-34-27)28-17-25-26(33-28)9-10-32-30(25)37-13-5-2-6-14-37/h7-10,15-19,33H,1-6,11-14,20H2,(H,34,35). The van der Waals surface area contributed by atoms with Gasteiger partial charge in [0.25, 0.3) is 0 Å². The molecule has 4 aromatic heterocycles. The highest BCUT2D eigenvalue weighted by atomic mass is 15.2. The van der Waals surface area contributed by atoms with Crippen LogP contribution in [0.4, 0.5) is 5.82 Å². The molecule has 7 heteroatoms. The van der Waals surface area contributed by atoms with E-state index in [0.717, 1.165) is 64.4 Å². The molecule has 37 heavy (non-hydrogen) atoms. The van der Waals surface area contributed by atoms with Crippen molar-refractivity contribution >= 4 is 27.6 Å². The van der Waals surface area contributed by atoms with E-state index >= 15 is 0 Å². The zero-order valence-electron chi connectivity index (χ0n) is 21.2. The quantitative estimate of drug-likeness (QED) is 0.309. The lowest BCUT2D eigenvalue weighted by molar-refractivity contribution is 0.220. The second-order valence-electron chi connectivity index (χ2n) is 10.6. The SMILES string of the molecule is c1cc2[nH]c(-c3n[nH]c4ccc(-c5cncc(CN6CCCCC6)c5)cc34)cc2c(N2CCCCC2)n1. The molecule has 2 aliphatic heterocycles. The van der Waals surface area contributed by atoms with Gasteiger partial charge >= 0.3 is 0 Å². The van der Waals surface area contributed by atoms with Gasteiger partial charge in [0.1, 0.15) is 11.5 Å². The first kappa shape index (κ1) is 22.5. The molecule has 0 unspecified atom stereocenters. The Balaban J connectivity index is 1.23. The lowest BCUT2D eigenvalue weighted by Crippen LogP contribution is -2.30. The lowest BCUT2D eigenvalue weighted by Gasteiger charge is -2.28.